The second-order valence-electron chi connectivity index (χ2n) is 4.47. The van der Waals surface area contributed by atoms with Crippen molar-refractivity contribution in [1.82, 2.24) is 15.0 Å². The second kappa shape index (κ2) is 3.87. The molecule has 3 rings (SSSR count). The highest BCUT2D eigenvalue weighted by Crippen LogP contribution is 2.22. The third kappa shape index (κ3) is 1.73. The van der Waals surface area contributed by atoms with Gasteiger partial charge in [0, 0.05) is 14.1 Å². The molecule has 3 aromatic heterocycles. The zero-order valence-corrected chi connectivity index (χ0v) is 10.6. The summed E-state index contributed by atoms with van der Waals surface area (Å²) < 4.78 is 5.29. The minimum absolute atomic E-state index is 0.718. The summed E-state index contributed by atoms with van der Waals surface area (Å²) in [6.07, 6.45) is 1.69. The van der Waals surface area contributed by atoms with Crippen LogP contribution in [0.25, 0.3) is 22.6 Å². The van der Waals surface area contributed by atoms with Crippen molar-refractivity contribution in [3.05, 3.63) is 30.2 Å². The van der Waals surface area contributed by atoms with E-state index in [-0.39, 0.29) is 0 Å². The quantitative estimate of drug-likeness (QED) is 0.750. The number of nitrogens with zero attached hydrogens (tertiary/aromatic N) is 3. The summed E-state index contributed by atoms with van der Waals surface area (Å²) >= 11 is 0. The average molecular weight is 242 g/mol. The van der Waals surface area contributed by atoms with Gasteiger partial charge >= 0.3 is 0 Å². The highest BCUT2D eigenvalue weighted by molar-refractivity contribution is 5.77. The fraction of sp³-hybridized carbons (Fsp3) is 0.231. The van der Waals surface area contributed by atoms with Crippen LogP contribution in [0.5, 0.6) is 0 Å². The van der Waals surface area contributed by atoms with Gasteiger partial charge in [-0.25, -0.2) is 9.97 Å². The van der Waals surface area contributed by atoms with Gasteiger partial charge in [0.2, 0.25) is 0 Å². The molecular formula is C13H14N4O. The lowest BCUT2D eigenvalue weighted by Crippen LogP contribution is -2.10. The highest BCUT2D eigenvalue weighted by Gasteiger charge is 2.09. The molecule has 0 atom stereocenters. The van der Waals surface area contributed by atoms with E-state index >= 15 is 0 Å². The van der Waals surface area contributed by atoms with Crippen LogP contribution in [0.2, 0.25) is 0 Å². The second-order valence-corrected chi connectivity index (χ2v) is 4.47. The number of aryl methyl sites for hydroxylation is 1. The standard InChI is InChI=1S/C13H14N4O/c1-8-6-9(7-18-8)12-14-10-4-5-11(17(2)3)15-13(10)16-12/h4-7H,1-3H3,(H,14,15,16). The van der Waals surface area contributed by atoms with Gasteiger partial charge in [0.15, 0.2) is 5.65 Å². The van der Waals surface area contributed by atoms with E-state index in [1.165, 1.54) is 0 Å². The summed E-state index contributed by atoms with van der Waals surface area (Å²) in [7, 11) is 3.92. The lowest BCUT2D eigenvalue weighted by atomic mass is 10.3. The molecule has 5 heteroatoms. The van der Waals surface area contributed by atoms with Crippen LogP contribution in [-0.4, -0.2) is 29.0 Å². The Morgan fingerprint density at radius 2 is 2.06 bits per heavy atom. The SMILES string of the molecule is Cc1cc(-c2nc3nc(N(C)C)ccc3[nH]2)co1. The van der Waals surface area contributed by atoms with Crippen molar-refractivity contribution in [2.45, 2.75) is 6.92 Å². The molecule has 0 amide bonds. The number of aromatic amines is 1. The van der Waals surface area contributed by atoms with E-state index < -0.39 is 0 Å². The van der Waals surface area contributed by atoms with Gasteiger partial charge in [-0.1, -0.05) is 0 Å². The van der Waals surface area contributed by atoms with Gasteiger partial charge in [0.25, 0.3) is 0 Å². The smallest absolute Gasteiger partial charge is 0.180 e. The zero-order chi connectivity index (χ0) is 12.7. The molecule has 18 heavy (non-hydrogen) atoms. The molecule has 0 aromatic carbocycles. The summed E-state index contributed by atoms with van der Waals surface area (Å²) in [5, 5.41) is 0. The van der Waals surface area contributed by atoms with Gasteiger partial charge in [-0.2, -0.15) is 0 Å². The molecule has 5 nitrogen and oxygen atoms in total. The Balaban J connectivity index is 2.11. The Morgan fingerprint density at radius 3 is 2.72 bits per heavy atom. The van der Waals surface area contributed by atoms with Crippen LogP contribution in [0.15, 0.2) is 28.9 Å². The fourth-order valence-corrected chi connectivity index (χ4v) is 1.84. The van der Waals surface area contributed by atoms with Crippen molar-refractivity contribution in [3.63, 3.8) is 0 Å². The monoisotopic (exact) mass is 242 g/mol. The first-order chi connectivity index (χ1) is 8.63. The third-order valence-corrected chi connectivity index (χ3v) is 2.79. The molecule has 0 bridgehead atoms. The molecule has 1 N–H and O–H groups in total. The summed E-state index contributed by atoms with van der Waals surface area (Å²) in [6.45, 7) is 1.91. The Kier molecular flexibility index (Phi) is 2.33. The van der Waals surface area contributed by atoms with Crippen LogP contribution in [-0.2, 0) is 0 Å². The summed E-state index contributed by atoms with van der Waals surface area (Å²) in [6, 6.07) is 5.90. The lowest BCUT2D eigenvalue weighted by molar-refractivity contribution is 0.534. The number of hydrogen-bond acceptors (Lipinski definition) is 4. The molecule has 0 aliphatic rings. The van der Waals surface area contributed by atoms with E-state index in [0.717, 1.165) is 34.1 Å². The molecule has 0 aliphatic carbocycles. The minimum atomic E-state index is 0.718. The van der Waals surface area contributed by atoms with Crippen molar-refractivity contribution in [2.24, 2.45) is 0 Å². The van der Waals surface area contributed by atoms with Crippen molar-refractivity contribution in [2.75, 3.05) is 19.0 Å². The zero-order valence-electron chi connectivity index (χ0n) is 10.6. The van der Waals surface area contributed by atoms with Crippen molar-refractivity contribution < 1.29 is 4.42 Å². The fourth-order valence-electron chi connectivity index (χ4n) is 1.84. The summed E-state index contributed by atoms with van der Waals surface area (Å²) in [5.41, 5.74) is 2.58. The van der Waals surface area contributed by atoms with E-state index in [1.54, 1.807) is 6.26 Å². The van der Waals surface area contributed by atoms with Gasteiger partial charge in [-0.15, -0.1) is 0 Å². The van der Waals surface area contributed by atoms with E-state index in [4.69, 9.17) is 4.42 Å². The Labute approximate surface area is 104 Å². The molecule has 3 heterocycles. The van der Waals surface area contributed by atoms with E-state index in [1.807, 2.05) is 44.1 Å². The van der Waals surface area contributed by atoms with E-state index in [9.17, 15) is 0 Å². The van der Waals surface area contributed by atoms with Crippen LogP contribution in [0.4, 0.5) is 5.82 Å². The number of fused-ring (bicyclic) bond motifs is 1. The number of imidazole rings is 1. The molecule has 92 valence electrons. The lowest BCUT2D eigenvalue weighted by Gasteiger charge is -2.09. The predicted molar refractivity (Wildman–Crippen MR) is 70.7 cm³/mol. The summed E-state index contributed by atoms with van der Waals surface area (Å²) in [4.78, 5) is 14.2. The van der Waals surface area contributed by atoms with Crippen molar-refractivity contribution in [1.29, 1.82) is 0 Å². The number of anilines is 1. The Hall–Kier alpha value is -2.30. The van der Waals surface area contributed by atoms with Gasteiger partial charge in [0.05, 0.1) is 11.1 Å². The first kappa shape index (κ1) is 10.8. The molecule has 0 saturated carbocycles. The van der Waals surface area contributed by atoms with Gasteiger partial charge < -0.3 is 14.3 Å². The molecule has 0 aliphatic heterocycles. The van der Waals surface area contributed by atoms with Gasteiger partial charge in [0.1, 0.15) is 23.7 Å². The molecule has 0 fully saturated rings. The molecule has 0 unspecified atom stereocenters. The van der Waals surface area contributed by atoms with Crippen LogP contribution in [0.1, 0.15) is 5.76 Å². The molecule has 3 aromatic rings. The average Bonchev–Trinajstić information content (AvgIpc) is 2.93. The number of rotatable bonds is 2. The van der Waals surface area contributed by atoms with Gasteiger partial charge in [-0.3, -0.25) is 0 Å². The third-order valence-electron chi connectivity index (χ3n) is 2.79. The predicted octanol–water partition coefficient (Wildman–Crippen LogP) is 2.59. The molecule has 0 saturated heterocycles. The summed E-state index contributed by atoms with van der Waals surface area (Å²) in [5.74, 6) is 2.54. The first-order valence-electron chi connectivity index (χ1n) is 5.73. The van der Waals surface area contributed by atoms with Crippen LogP contribution < -0.4 is 4.90 Å². The number of aromatic nitrogens is 3. The number of H-pyrrole nitrogens is 1. The molecular weight excluding hydrogens is 228 g/mol. The van der Waals surface area contributed by atoms with Crippen LogP contribution in [0.3, 0.4) is 0 Å². The van der Waals surface area contributed by atoms with Crippen molar-refractivity contribution in [3.8, 4) is 11.4 Å². The topological polar surface area (TPSA) is 58.0 Å². The number of hydrogen-bond donors (Lipinski definition) is 1. The Bertz CT molecular complexity index is 696. The van der Waals surface area contributed by atoms with Crippen molar-refractivity contribution >= 4 is 17.0 Å². The van der Waals surface area contributed by atoms with E-state index in [0.29, 0.717) is 0 Å². The normalized spacial score (nSPS) is 11.1. The Morgan fingerprint density at radius 1 is 1.22 bits per heavy atom. The van der Waals surface area contributed by atoms with Gasteiger partial charge in [-0.05, 0) is 25.1 Å². The number of pyridine rings is 1. The number of furan rings is 1. The molecule has 0 spiro atoms. The first-order valence-corrected chi connectivity index (χ1v) is 5.73. The highest BCUT2D eigenvalue weighted by atomic mass is 16.3. The number of nitrogens with one attached hydrogen (secondary N) is 1. The maximum Gasteiger partial charge on any atom is 0.180 e. The largest absolute Gasteiger partial charge is 0.469 e. The van der Waals surface area contributed by atoms with Crippen LogP contribution in [0, 0.1) is 6.92 Å². The minimum Gasteiger partial charge on any atom is -0.469 e. The molecule has 0 radical (unpaired) electrons. The maximum atomic E-state index is 5.29. The maximum absolute atomic E-state index is 5.29. The van der Waals surface area contributed by atoms with Crippen LogP contribution >= 0.6 is 0 Å². The van der Waals surface area contributed by atoms with E-state index in [2.05, 4.69) is 15.0 Å².